The Bertz CT molecular complexity index is 930. The summed E-state index contributed by atoms with van der Waals surface area (Å²) in [6.45, 7) is 0. The number of hydrogen-bond donors (Lipinski definition) is 2. The van der Waals surface area contributed by atoms with Gasteiger partial charge in [0.15, 0.2) is 11.5 Å². The van der Waals surface area contributed by atoms with Crippen LogP contribution in [0.25, 0.3) is 0 Å². The largest absolute Gasteiger partial charge is 0.493 e. The molecule has 0 heterocycles. The van der Waals surface area contributed by atoms with E-state index in [1.54, 1.807) is 26.4 Å². The maximum atomic E-state index is 10.9. The van der Waals surface area contributed by atoms with Crippen LogP contribution in [0.5, 0.6) is 11.5 Å². The number of aliphatic hydroxyl groups excluding tert-OH is 1. The lowest BCUT2D eigenvalue weighted by atomic mass is 9.96. The first-order chi connectivity index (χ1) is 14.0. The molecule has 0 fully saturated rings. The summed E-state index contributed by atoms with van der Waals surface area (Å²) in [5, 5.41) is 15.7. The molecule has 3 rings (SSSR count). The van der Waals surface area contributed by atoms with E-state index in [1.165, 1.54) is 0 Å². The van der Waals surface area contributed by atoms with E-state index in [1.807, 2.05) is 54.6 Å². The van der Waals surface area contributed by atoms with Gasteiger partial charge >= 0.3 is 0 Å². The lowest BCUT2D eigenvalue weighted by molar-refractivity contribution is 0.160. The van der Waals surface area contributed by atoms with Crippen molar-refractivity contribution in [2.45, 2.75) is 18.6 Å². The number of rotatable bonds is 8. The van der Waals surface area contributed by atoms with Crippen LogP contribution < -0.4 is 14.8 Å². The van der Waals surface area contributed by atoms with Crippen LogP contribution in [0.3, 0.4) is 0 Å². The Morgan fingerprint density at radius 3 is 1.93 bits per heavy atom. The summed E-state index contributed by atoms with van der Waals surface area (Å²) in [4.78, 5) is 0. The van der Waals surface area contributed by atoms with E-state index < -0.39 is 6.10 Å². The Kier molecular flexibility index (Phi) is 7.26. The molecule has 3 aromatic rings. The monoisotopic (exact) mass is 431 g/mol. The minimum atomic E-state index is -0.713. The molecule has 4 nitrogen and oxygen atoms in total. The zero-order chi connectivity index (χ0) is 20.8. The van der Waals surface area contributed by atoms with Crippen molar-refractivity contribution in [2.24, 2.45) is 0 Å². The van der Waals surface area contributed by atoms with E-state index in [0.29, 0.717) is 28.0 Å². The molecule has 6 heteroatoms. The molecule has 2 unspecified atom stereocenters. The van der Waals surface area contributed by atoms with Crippen LogP contribution in [0.2, 0.25) is 10.0 Å². The van der Waals surface area contributed by atoms with Gasteiger partial charge in [-0.05, 0) is 59.7 Å². The van der Waals surface area contributed by atoms with E-state index in [2.05, 4.69) is 5.32 Å². The number of anilines is 1. The summed E-state index contributed by atoms with van der Waals surface area (Å²) in [7, 11) is 3.16. The fourth-order valence-corrected chi connectivity index (χ4v) is 3.39. The van der Waals surface area contributed by atoms with Gasteiger partial charge in [0, 0.05) is 22.2 Å². The second-order valence-corrected chi connectivity index (χ2v) is 7.49. The third-order valence-electron chi connectivity index (χ3n) is 4.71. The highest BCUT2D eigenvalue weighted by Gasteiger charge is 2.19. The molecule has 2 atom stereocenters. The predicted molar refractivity (Wildman–Crippen MR) is 118 cm³/mol. The van der Waals surface area contributed by atoms with Crippen molar-refractivity contribution in [1.82, 2.24) is 0 Å². The first kappa shape index (κ1) is 21.3. The number of methoxy groups -OCH3 is 2. The topological polar surface area (TPSA) is 50.7 Å². The van der Waals surface area contributed by atoms with Gasteiger partial charge in [0.1, 0.15) is 0 Å². The van der Waals surface area contributed by atoms with Crippen molar-refractivity contribution in [3.63, 3.8) is 0 Å². The highest BCUT2D eigenvalue weighted by molar-refractivity contribution is 6.30. The fraction of sp³-hybridized carbons (Fsp3) is 0.217. The normalized spacial score (nSPS) is 12.9. The Hall–Kier alpha value is -2.40. The third-order valence-corrected chi connectivity index (χ3v) is 5.21. The number of ether oxygens (including phenoxy) is 2. The Morgan fingerprint density at radius 1 is 0.793 bits per heavy atom. The molecule has 0 saturated heterocycles. The van der Waals surface area contributed by atoms with Gasteiger partial charge in [-0.2, -0.15) is 0 Å². The Balaban J connectivity index is 1.85. The van der Waals surface area contributed by atoms with Crippen molar-refractivity contribution in [1.29, 1.82) is 0 Å². The summed E-state index contributed by atoms with van der Waals surface area (Å²) < 4.78 is 10.6. The standard InChI is InChI=1S/C23H23Cl2NO3/c1-28-22-12-5-16(13-23(22)29-2)21(27)14-20(15-3-6-17(24)7-4-15)26-19-10-8-18(25)9-11-19/h3-13,20-21,26-27H,14H2,1-2H3. The van der Waals surface area contributed by atoms with Crippen LogP contribution in [0.4, 0.5) is 5.69 Å². The van der Waals surface area contributed by atoms with Crippen LogP contribution in [-0.2, 0) is 0 Å². The molecule has 0 spiro atoms. The zero-order valence-corrected chi connectivity index (χ0v) is 17.7. The van der Waals surface area contributed by atoms with Crippen molar-refractivity contribution >= 4 is 28.9 Å². The molecule has 152 valence electrons. The molecular weight excluding hydrogens is 409 g/mol. The van der Waals surface area contributed by atoms with Crippen molar-refractivity contribution in [2.75, 3.05) is 19.5 Å². The van der Waals surface area contributed by atoms with Crippen LogP contribution in [-0.4, -0.2) is 19.3 Å². The number of aliphatic hydroxyl groups is 1. The maximum absolute atomic E-state index is 10.9. The van der Waals surface area contributed by atoms with Gasteiger partial charge in [0.25, 0.3) is 0 Å². The van der Waals surface area contributed by atoms with Crippen molar-refractivity contribution in [3.05, 3.63) is 87.9 Å². The summed E-state index contributed by atoms with van der Waals surface area (Å²) in [6.07, 6.45) is -0.269. The number of halogens is 2. The summed E-state index contributed by atoms with van der Waals surface area (Å²) in [6, 6.07) is 20.4. The molecule has 29 heavy (non-hydrogen) atoms. The molecule has 0 aromatic heterocycles. The van der Waals surface area contributed by atoms with Gasteiger partial charge < -0.3 is 19.9 Å². The Labute approximate surface area is 181 Å². The quantitative estimate of drug-likeness (QED) is 0.440. The molecule has 0 aliphatic rings. The summed E-state index contributed by atoms with van der Waals surface area (Å²) >= 11 is 12.0. The van der Waals surface area contributed by atoms with E-state index in [4.69, 9.17) is 32.7 Å². The van der Waals surface area contributed by atoms with Gasteiger partial charge in [0.2, 0.25) is 0 Å². The van der Waals surface area contributed by atoms with Crippen LogP contribution >= 0.6 is 23.2 Å². The summed E-state index contributed by atoms with van der Waals surface area (Å²) in [5.41, 5.74) is 2.68. The first-order valence-electron chi connectivity index (χ1n) is 9.17. The molecular formula is C23H23Cl2NO3. The van der Waals surface area contributed by atoms with E-state index in [0.717, 1.165) is 16.8 Å². The molecule has 0 aliphatic heterocycles. The smallest absolute Gasteiger partial charge is 0.161 e. The van der Waals surface area contributed by atoms with Crippen LogP contribution in [0.1, 0.15) is 29.7 Å². The highest BCUT2D eigenvalue weighted by atomic mass is 35.5. The predicted octanol–water partition coefficient (Wildman–Crippen LogP) is 6.29. The fourth-order valence-electron chi connectivity index (χ4n) is 3.14. The molecule has 0 radical (unpaired) electrons. The SMILES string of the molecule is COc1ccc(C(O)CC(Nc2ccc(Cl)cc2)c2ccc(Cl)cc2)cc1OC. The van der Waals surface area contributed by atoms with Gasteiger partial charge in [-0.25, -0.2) is 0 Å². The summed E-state index contributed by atoms with van der Waals surface area (Å²) in [5.74, 6) is 1.20. The molecule has 0 bridgehead atoms. The first-order valence-corrected chi connectivity index (χ1v) is 9.93. The van der Waals surface area contributed by atoms with E-state index in [-0.39, 0.29) is 6.04 Å². The minimum Gasteiger partial charge on any atom is -0.493 e. The second kappa shape index (κ2) is 9.88. The average Bonchev–Trinajstić information content (AvgIpc) is 2.74. The number of hydrogen-bond acceptors (Lipinski definition) is 4. The molecule has 2 N–H and O–H groups in total. The van der Waals surface area contributed by atoms with Crippen molar-refractivity contribution in [3.8, 4) is 11.5 Å². The number of nitrogens with one attached hydrogen (secondary N) is 1. The van der Waals surface area contributed by atoms with Gasteiger partial charge in [0.05, 0.1) is 26.4 Å². The van der Waals surface area contributed by atoms with Gasteiger partial charge in [-0.3, -0.25) is 0 Å². The lowest BCUT2D eigenvalue weighted by Crippen LogP contribution is -2.15. The van der Waals surface area contributed by atoms with Crippen LogP contribution in [0.15, 0.2) is 66.7 Å². The minimum absolute atomic E-state index is 0.142. The van der Waals surface area contributed by atoms with E-state index >= 15 is 0 Å². The van der Waals surface area contributed by atoms with Crippen LogP contribution in [0, 0.1) is 0 Å². The number of benzene rings is 3. The van der Waals surface area contributed by atoms with E-state index in [9.17, 15) is 5.11 Å². The lowest BCUT2D eigenvalue weighted by Gasteiger charge is -2.24. The maximum Gasteiger partial charge on any atom is 0.161 e. The Morgan fingerprint density at radius 2 is 1.34 bits per heavy atom. The third kappa shape index (κ3) is 5.57. The van der Waals surface area contributed by atoms with Gasteiger partial charge in [-0.1, -0.05) is 41.4 Å². The molecule has 0 saturated carbocycles. The molecule has 0 aliphatic carbocycles. The van der Waals surface area contributed by atoms with Crippen molar-refractivity contribution < 1.29 is 14.6 Å². The molecule has 3 aromatic carbocycles. The second-order valence-electron chi connectivity index (χ2n) is 6.62. The van der Waals surface area contributed by atoms with Gasteiger partial charge in [-0.15, -0.1) is 0 Å². The average molecular weight is 432 g/mol. The zero-order valence-electron chi connectivity index (χ0n) is 16.2. The molecule has 0 amide bonds. The highest BCUT2D eigenvalue weighted by Crippen LogP contribution is 2.34.